The number of hydrogen-bond donors (Lipinski definition) is 1. The van der Waals surface area contributed by atoms with Gasteiger partial charge in [-0.3, -0.25) is 10.1 Å². The molecule has 0 aliphatic rings. The Morgan fingerprint density at radius 1 is 1.16 bits per heavy atom. The highest BCUT2D eigenvalue weighted by Crippen LogP contribution is 2.31. The van der Waals surface area contributed by atoms with Gasteiger partial charge in [-0.05, 0) is 48.5 Å². The zero-order valence-corrected chi connectivity index (χ0v) is 18.4. The molecule has 0 aliphatic carbocycles. The summed E-state index contributed by atoms with van der Waals surface area (Å²) in [6.45, 7) is 0. The van der Waals surface area contributed by atoms with Crippen molar-refractivity contribution in [1.82, 2.24) is 14.8 Å². The monoisotopic (exact) mass is 461 g/mol. The molecule has 0 aliphatic heterocycles. The number of benzene rings is 2. The van der Waals surface area contributed by atoms with Crippen molar-refractivity contribution in [2.45, 2.75) is 0 Å². The molecular weight excluding hydrogens is 446 g/mol. The van der Waals surface area contributed by atoms with Gasteiger partial charge in [0.1, 0.15) is 17.4 Å². The second kappa shape index (κ2) is 9.47. The van der Waals surface area contributed by atoms with Gasteiger partial charge in [0.05, 0.1) is 12.1 Å². The maximum atomic E-state index is 12.7. The number of nitriles is 1. The van der Waals surface area contributed by atoms with Gasteiger partial charge in [0.15, 0.2) is 5.01 Å². The van der Waals surface area contributed by atoms with Crippen LogP contribution in [0.1, 0.15) is 5.69 Å². The average molecular weight is 462 g/mol. The topological polar surface area (TPSA) is 92.8 Å². The predicted octanol–water partition coefficient (Wildman–Crippen LogP) is 5.20. The van der Waals surface area contributed by atoms with Gasteiger partial charge in [-0.25, -0.2) is 0 Å². The smallest absolute Gasteiger partial charge is 0.268 e. The summed E-state index contributed by atoms with van der Waals surface area (Å²) in [7, 11) is 1.60. The molecule has 2 heterocycles. The minimum absolute atomic E-state index is 0.0621. The molecule has 2 aromatic heterocycles. The Hall–Kier alpha value is -3.93. The van der Waals surface area contributed by atoms with Crippen LogP contribution < -0.4 is 10.1 Å². The van der Waals surface area contributed by atoms with Crippen molar-refractivity contribution in [3.05, 3.63) is 83.2 Å². The fraction of sp³-hybridized carbons (Fsp3) is 0.0435. The molecule has 0 atom stereocenters. The van der Waals surface area contributed by atoms with E-state index < -0.39 is 5.91 Å². The van der Waals surface area contributed by atoms with Gasteiger partial charge in [-0.2, -0.15) is 5.26 Å². The minimum Gasteiger partial charge on any atom is -0.497 e. The number of halogens is 1. The quantitative estimate of drug-likeness (QED) is 0.314. The molecule has 1 amide bonds. The zero-order chi connectivity index (χ0) is 22.5. The number of carbonyl (C=O) groups excluding carboxylic acids is 1. The van der Waals surface area contributed by atoms with Crippen LogP contribution in [0.4, 0.5) is 5.13 Å². The first-order chi connectivity index (χ1) is 15.6. The lowest BCUT2D eigenvalue weighted by atomic mass is 10.2. The summed E-state index contributed by atoms with van der Waals surface area (Å²) in [6, 6.07) is 20.3. The van der Waals surface area contributed by atoms with Crippen LogP contribution in [0.3, 0.4) is 0 Å². The Labute approximate surface area is 193 Å². The SMILES string of the molecule is COc1ccc(-n2cccc2/C=C(/C#N)C(=O)Nc2nnc(-c3ccccc3Cl)s2)cc1. The lowest BCUT2D eigenvalue weighted by molar-refractivity contribution is -0.112. The molecule has 0 saturated heterocycles. The highest BCUT2D eigenvalue weighted by atomic mass is 35.5. The van der Waals surface area contributed by atoms with Crippen molar-refractivity contribution in [2.24, 2.45) is 0 Å². The summed E-state index contributed by atoms with van der Waals surface area (Å²) in [5, 5.41) is 21.7. The number of aromatic nitrogens is 3. The van der Waals surface area contributed by atoms with Gasteiger partial charge < -0.3 is 9.30 Å². The number of nitrogens with zero attached hydrogens (tertiary/aromatic N) is 4. The minimum atomic E-state index is -0.572. The molecule has 0 unspecified atom stereocenters. The maximum Gasteiger partial charge on any atom is 0.268 e. The third-order valence-corrected chi connectivity index (χ3v) is 5.74. The summed E-state index contributed by atoms with van der Waals surface area (Å²) < 4.78 is 7.05. The van der Waals surface area contributed by atoms with Gasteiger partial charge in [0.2, 0.25) is 5.13 Å². The number of ether oxygens (including phenoxy) is 1. The Balaban J connectivity index is 1.55. The summed E-state index contributed by atoms with van der Waals surface area (Å²) in [5.41, 5.74) is 2.21. The van der Waals surface area contributed by atoms with Gasteiger partial charge in [-0.15, -0.1) is 10.2 Å². The van der Waals surface area contributed by atoms with Crippen molar-refractivity contribution in [3.63, 3.8) is 0 Å². The third kappa shape index (κ3) is 4.54. The first-order valence-electron chi connectivity index (χ1n) is 9.42. The second-order valence-electron chi connectivity index (χ2n) is 6.52. The Bertz CT molecular complexity index is 1330. The first-order valence-corrected chi connectivity index (χ1v) is 10.6. The lowest BCUT2D eigenvalue weighted by Gasteiger charge is -2.08. The summed E-state index contributed by atoms with van der Waals surface area (Å²) in [6.07, 6.45) is 3.37. The predicted molar refractivity (Wildman–Crippen MR) is 125 cm³/mol. The molecule has 158 valence electrons. The van der Waals surface area contributed by atoms with E-state index in [1.165, 1.54) is 17.4 Å². The highest BCUT2D eigenvalue weighted by Gasteiger charge is 2.15. The zero-order valence-electron chi connectivity index (χ0n) is 16.8. The molecule has 7 nitrogen and oxygen atoms in total. The molecule has 0 fully saturated rings. The molecule has 0 radical (unpaired) electrons. The van der Waals surface area contributed by atoms with Crippen LogP contribution in [0.2, 0.25) is 5.02 Å². The van der Waals surface area contributed by atoms with E-state index in [2.05, 4.69) is 15.5 Å². The molecule has 9 heteroatoms. The van der Waals surface area contributed by atoms with E-state index >= 15 is 0 Å². The number of rotatable bonds is 6. The summed E-state index contributed by atoms with van der Waals surface area (Å²) >= 11 is 7.37. The van der Waals surface area contributed by atoms with Crippen molar-refractivity contribution >= 4 is 40.1 Å². The number of amides is 1. The molecular formula is C23H16ClN5O2S. The van der Waals surface area contributed by atoms with Gasteiger partial charge >= 0.3 is 0 Å². The van der Waals surface area contributed by atoms with Crippen LogP contribution in [0.25, 0.3) is 22.3 Å². The van der Waals surface area contributed by atoms with Crippen LogP contribution in [0.15, 0.2) is 72.4 Å². The maximum absolute atomic E-state index is 12.7. The number of hydrogen-bond acceptors (Lipinski definition) is 6. The van der Waals surface area contributed by atoms with E-state index in [0.29, 0.717) is 15.7 Å². The molecule has 2 aromatic carbocycles. The van der Waals surface area contributed by atoms with E-state index in [1.54, 1.807) is 13.2 Å². The van der Waals surface area contributed by atoms with Crippen molar-refractivity contribution < 1.29 is 9.53 Å². The molecule has 4 aromatic rings. The second-order valence-corrected chi connectivity index (χ2v) is 7.90. The van der Waals surface area contributed by atoms with Crippen molar-refractivity contribution in [2.75, 3.05) is 12.4 Å². The number of nitrogens with one attached hydrogen (secondary N) is 1. The van der Waals surface area contributed by atoms with E-state index in [9.17, 15) is 10.1 Å². The normalized spacial score (nSPS) is 11.1. The molecule has 0 spiro atoms. The van der Waals surface area contributed by atoms with Crippen molar-refractivity contribution in [1.29, 1.82) is 5.26 Å². The van der Waals surface area contributed by atoms with Gasteiger partial charge in [0, 0.05) is 23.1 Å². The number of methoxy groups -OCH3 is 1. The van der Waals surface area contributed by atoms with Crippen LogP contribution in [0, 0.1) is 11.3 Å². The van der Waals surface area contributed by atoms with Crippen molar-refractivity contribution in [3.8, 4) is 28.1 Å². The van der Waals surface area contributed by atoms with Crippen LogP contribution in [-0.2, 0) is 4.79 Å². The molecule has 0 bridgehead atoms. The molecule has 4 rings (SSSR count). The largest absolute Gasteiger partial charge is 0.497 e. The highest BCUT2D eigenvalue weighted by molar-refractivity contribution is 7.18. The summed E-state index contributed by atoms with van der Waals surface area (Å²) in [4.78, 5) is 12.7. The van der Waals surface area contributed by atoms with Gasteiger partial charge in [0.25, 0.3) is 5.91 Å². The Morgan fingerprint density at radius 3 is 2.66 bits per heavy atom. The van der Waals surface area contributed by atoms with Crippen LogP contribution in [-0.4, -0.2) is 27.8 Å². The Morgan fingerprint density at radius 2 is 1.94 bits per heavy atom. The fourth-order valence-electron chi connectivity index (χ4n) is 2.97. The standard InChI is InChI=1S/C23H16ClN5O2S/c1-31-18-10-8-16(9-11-18)29-12-4-5-17(29)13-15(14-25)21(30)26-23-28-27-22(32-23)19-6-2-3-7-20(19)24/h2-13H,1H3,(H,26,28,30)/b15-13-. The first kappa shape index (κ1) is 21.3. The van der Waals surface area contributed by atoms with E-state index in [4.69, 9.17) is 16.3 Å². The third-order valence-electron chi connectivity index (χ3n) is 4.54. The molecule has 0 saturated carbocycles. The van der Waals surface area contributed by atoms with Crippen LogP contribution in [0.5, 0.6) is 5.75 Å². The lowest BCUT2D eigenvalue weighted by Crippen LogP contribution is -2.13. The van der Waals surface area contributed by atoms with E-state index in [1.807, 2.05) is 71.4 Å². The number of anilines is 1. The molecule has 32 heavy (non-hydrogen) atoms. The van der Waals surface area contributed by atoms with Gasteiger partial charge in [-0.1, -0.05) is 41.1 Å². The average Bonchev–Trinajstić information content (AvgIpc) is 3.47. The van der Waals surface area contributed by atoms with E-state index in [0.717, 1.165) is 17.0 Å². The summed E-state index contributed by atoms with van der Waals surface area (Å²) in [5.74, 6) is 0.167. The fourth-order valence-corrected chi connectivity index (χ4v) is 4.03. The molecule has 1 N–H and O–H groups in total. The number of carbonyl (C=O) groups is 1. The van der Waals surface area contributed by atoms with Crippen LogP contribution >= 0.6 is 22.9 Å². The Kier molecular flexibility index (Phi) is 6.31. The van der Waals surface area contributed by atoms with E-state index in [-0.39, 0.29) is 10.7 Å².